The highest BCUT2D eigenvalue weighted by molar-refractivity contribution is 4.96. The molecular formula is C12H20N2O2. The topological polar surface area (TPSA) is 59.2 Å². The summed E-state index contributed by atoms with van der Waals surface area (Å²) in [5.41, 5.74) is 0. The molecule has 16 heavy (non-hydrogen) atoms. The van der Waals surface area contributed by atoms with E-state index < -0.39 is 6.10 Å². The summed E-state index contributed by atoms with van der Waals surface area (Å²) in [5, 5.41) is 13.3. The Morgan fingerprint density at radius 3 is 2.62 bits per heavy atom. The summed E-state index contributed by atoms with van der Waals surface area (Å²) >= 11 is 0. The summed E-state index contributed by atoms with van der Waals surface area (Å²) in [5.74, 6) is 1.88. The van der Waals surface area contributed by atoms with Gasteiger partial charge in [-0.05, 0) is 19.8 Å². The van der Waals surface area contributed by atoms with Crippen LogP contribution in [0.3, 0.4) is 0 Å². The van der Waals surface area contributed by atoms with Crippen LogP contribution in [-0.2, 0) is 6.42 Å². The second-order valence-corrected chi connectivity index (χ2v) is 4.79. The molecule has 4 heteroatoms. The largest absolute Gasteiger partial charge is 0.393 e. The minimum absolute atomic E-state index is 0.414. The Kier molecular flexibility index (Phi) is 3.93. The van der Waals surface area contributed by atoms with Gasteiger partial charge in [-0.2, -0.15) is 4.98 Å². The second kappa shape index (κ2) is 5.43. The predicted octanol–water partition coefficient (Wildman–Crippen LogP) is 2.43. The third-order valence-corrected chi connectivity index (χ3v) is 3.17. The van der Waals surface area contributed by atoms with Gasteiger partial charge in [0.1, 0.15) is 0 Å². The van der Waals surface area contributed by atoms with Gasteiger partial charge in [0.15, 0.2) is 5.82 Å². The van der Waals surface area contributed by atoms with Gasteiger partial charge in [0.05, 0.1) is 12.5 Å². The molecule has 0 saturated heterocycles. The van der Waals surface area contributed by atoms with Gasteiger partial charge in [0, 0.05) is 5.92 Å². The first-order chi connectivity index (χ1) is 7.75. The number of aliphatic hydroxyl groups excluding tert-OH is 1. The zero-order valence-electron chi connectivity index (χ0n) is 9.85. The molecule has 1 unspecified atom stereocenters. The SMILES string of the molecule is CC(O)Cc1nc(C2CCCCCC2)no1. The van der Waals surface area contributed by atoms with Crippen molar-refractivity contribution in [3.63, 3.8) is 0 Å². The van der Waals surface area contributed by atoms with Gasteiger partial charge in [-0.3, -0.25) is 0 Å². The van der Waals surface area contributed by atoms with E-state index in [9.17, 15) is 5.11 Å². The number of rotatable bonds is 3. The van der Waals surface area contributed by atoms with E-state index in [1.807, 2.05) is 0 Å². The number of hydrogen-bond acceptors (Lipinski definition) is 4. The highest BCUT2D eigenvalue weighted by Crippen LogP contribution is 2.29. The molecule has 1 heterocycles. The normalized spacial score (nSPS) is 20.6. The van der Waals surface area contributed by atoms with Crippen molar-refractivity contribution in [2.45, 2.75) is 63.9 Å². The number of nitrogens with zero attached hydrogens (tertiary/aromatic N) is 2. The fraction of sp³-hybridized carbons (Fsp3) is 0.833. The van der Waals surface area contributed by atoms with Gasteiger partial charge in [-0.25, -0.2) is 0 Å². The predicted molar refractivity (Wildman–Crippen MR) is 60.1 cm³/mol. The molecule has 0 amide bonds. The van der Waals surface area contributed by atoms with Crippen LogP contribution in [0.25, 0.3) is 0 Å². The van der Waals surface area contributed by atoms with Crippen LogP contribution in [0.4, 0.5) is 0 Å². The van der Waals surface area contributed by atoms with Crippen molar-refractivity contribution in [2.24, 2.45) is 0 Å². The molecule has 90 valence electrons. The van der Waals surface area contributed by atoms with Crippen molar-refractivity contribution in [1.82, 2.24) is 10.1 Å². The molecule has 1 N–H and O–H groups in total. The Morgan fingerprint density at radius 2 is 2.00 bits per heavy atom. The highest BCUT2D eigenvalue weighted by Gasteiger charge is 2.20. The third kappa shape index (κ3) is 3.04. The highest BCUT2D eigenvalue weighted by atomic mass is 16.5. The van der Waals surface area contributed by atoms with E-state index in [0.29, 0.717) is 18.2 Å². The van der Waals surface area contributed by atoms with E-state index in [-0.39, 0.29) is 0 Å². The van der Waals surface area contributed by atoms with Crippen molar-refractivity contribution >= 4 is 0 Å². The monoisotopic (exact) mass is 224 g/mol. The van der Waals surface area contributed by atoms with E-state index >= 15 is 0 Å². The van der Waals surface area contributed by atoms with E-state index in [4.69, 9.17) is 4.52 Å². The van der Waals surface area contributed by atoms with Crippen LogP contribution < -0.4 is 0 Å². The van der Waals surface area contributed by atoms with Gasteiger partial charge < -0.3 is 9.63 Å². The Labute approximate surface area is 96.1 Å². The molecule has 0 bridgehead atoms. The smallest absolute Gasteiger partial charge is 0.229 e. The Balaban J connectivity index is 1.99. The van der Waals surface area contributed by atoms with Crippen molar-refractivity contribution in [3.05, 3.63) is 11.7 Å². The Bertz CT molecular complexity index is 315. The van der Waals surface area contributed by atoms with Gasteiger partial charge in [-0.1, -0.05) is 30.8 Å². The Hall–Kier alpha value is -0.900. The van der Waals surface area contributed by atoms with Gasteiger partial charge in [0.25, 0.3) is 0 Å². The van der Waals surface area contributed by atoms with Crippen molar-refractivity contribution in [1.29, 1.82) is 0 Å². The third-order valence-electron chi connectivity index (χ3n) is 3.17. The Morgan fingerprint density at radius 1 is 1.31 bits per heavy atom. The summed E-state index contributed by atoms with van der Waals surface area (Å²) in [6, 6.07) is 0. The first-order valence-electron chi connectivity index (χ1n) is 6.26. The first kappa shape index (κ1) is 11.6. The molecule has 1 aliphatic rings. The van der Waals surface area contributed by atoms with Crippen LogP contribution in [0, 0.1) is 0 Å². The first-order valence-corrected chi connectivity index (χ1v) is 6.26. The molecule has 1 aromatic rings. The van der Waals surface area contributed by atoms with E-state index in [1.54, 1.807) is 6.92 Å². The average molecular weight is 224 g/mol. The lowest BCUT2D eigenvalue weighted by Gasteiger charge is -2.07. The zero-order chi connectivity index (χ0) is 11.4. The molecule has 0 spiro atoms. The van der Waals surface area contributed by atoms with E-state index in [2.05, 4.69) is 10.1 Å². The quantitative estimate of drug-likeness (QED) is 0.801. The molecule has 0 radical (unpaired) electrons. The molecule has 1 atom stereocenters. The number of hydrogen-bond donors (Lipinski definition) is 1. The number of aliphatic hydroxyl groups is 1. The lowest BCUT2D eigenvalue weighted by atomic mass is 10.00. The van der Waals surface area contributed by atoms with Crippen LogP contribution >= 0.6 is 0 Å². The van der Waals surface area contributed by atoms with Crippen LogP contribution in [0.1, 0.15) is 63.1 Å². The van der Waals surface area contributed by atoms with Crippen LogP contribution in [-0.4, -0.2) is 21.4 Å². The fourth-order valence-electron chi connectivity index (χ4n) is 2.31. The molecule has 1 aromatic heterocycles. The maximum atomic E-state index is 9.24. The molecule has 1 saturated carbocycles. The minimum atomic E-state index is -0.414. The molecular weight excluding hydrogens is 204 g/mol. The second-order valence-electron chi connectivity index (χ2n) is 4.79. The summed E-state index contributed by atoms with van der Waals surface area (Å²) < 4.78 is 5.15. The van der Waals surface area contributed by atoms with E-state index in [1.165, 1.54) is 38.5 Å². The van der Waals surface area contributed by atoms with E-state index in [0.717, 1.165) is 5.82 Å². The summed E-state index contributed by atoms with van der Waals surface area (Å²) in [7, 11) is 0. The van der Waals surface area contributed by atoms with Gasteiger partial charge >= 0.3 is 0 Å². The van der Waals surface area contributed by atoms with Crippen molar-refractivity contribution < 1.29 is 9.63 Å². The average Bonchev–Trinajstić information content (AvgIpc) is 2.53. The molecule has 2 rings (SSSR count). The number of aromatic nitrogens is 2. The fourth-order valence-corrected chi connectivity index (χ4v) is 2.31. The molecule has 1 fully saturated rings. The maximum Gasteiger partial charge on any atom is 0.229 e. The molecule has 4 nitrogen and oxygen atoms in total. The molecule has 1 aliphatic carbocycles. The van der Waals surface area contributed by atoms with Crippen molar-refractivity contribution in [3.8, 4) is 0 Å². The summed E-state index contributed by atoms with van der Waals surface area (Å²) in [4.78, 5) is 4.38. The lowest BCUT2D eigenvalue weighted by molar-refractivity contribution is 0.181. The lowest BCUT2D eigenvalue weighted by Crippen LogP contribution is -2.05. The van der Waals surface area contributed by atoms with Gasteiger partial charge in [0.2, 0.25) is 5.89 Å². The van der Waals surface area contributed by atoms with Gasteiger partial charge in [-0.15, -0.1) is 0 Å². The van der Waals surface area contributed by atoms with Crippen LogP contribution in [0.2, 0.25) is 0 Å². The molecule has 0 aromatic carbocycles. The maximum absolute atomic E-state index is 9.24. The molecule has 0 aliphatic heterocycles. The standard InChI is InChI=1S/C12H20N2O2/c1-9(15)8-11-13-12(14-16-11)10-6-4-2-3-5-7-10/h9-10,15H,2-8H2,1H3. The summed E-state index contributed by atoms with van der Waals surface area (Å²) in [6.45, 7) is 1.73. The van der Waals surface area contributed by atoms with Crippen molar-refractivity contribution in [2.75, 3.05) is 0 Å². The van der Waals surface area contributed by atoms with Crippen LogP contribution in [0.5, 0.6) is 0 Å². The zero-order valence-corrected chi connectivity index (χ0v) is 9.85. The summed E-state index contributed by atoms with van der Waals surface area (Å²) in [6.07, 6.45) is 7.59. The van der Waals surface area contributed by atoms with Crippen LogP contribution in [0.15, 0.2) is 4.52 Å². The minimum Gasteiger partial charge on any atom is -0.393 e.